The highest BCUT2D eigenvalue weighted by Gasteiger charge is 2.39. The van der Waals surface area contributed by atoms with Gasteiger partial charge in [-0.3, -0.25) is 9.69 Å². The molecule has 1 aliphatic heterocycles. The summed E-state index contributed by atoms with van der Waals surface area (Å²) in [5.41, 5.74) is -0.422. The second kappa shape index (κ2) is 4.97. The minimum atomic E-state index is -0.422. The van der Waals surface area contributed by atoms with Crippen LogP contribution < -0.4 is 0 Å². The van der Waals surface area contributed by atoms with Gasteiger partial charge in [-0.1, -0.05) is 13.8 Å². The van der Waals surface area contributed by atoms with Crippen molar-refractivity contribution in [2.45, 2.75) is 45.6 Å². The van der Waals surface area contributed by atoms with Gasteiger partial charge in [0.05, 0.1) is 7.11 Å². The van der Waals surface area contributed by atoms with Crippen molar-refractivity contribution in [2.75, 3.05) is 20.2 Å². The van der Waals surface area contributed by atoms with Gasteiger partial charge < -0.3 is 4.74 Å². The Hall–Kier alpha value is -0.570. The SMILES string of the molecule is CC[C@@](C)(C(=O)OC)N1CCC(C)CC1. The predicted octanol–water partition coefficient (Wildman–Crippen LogP) is 2.06. The molecule has 0 unspecified atom stereocenters. The van der Waals surface area contributed by atoms with Crippen molar-refractivity contribution in [3.05, 3.63) is 0 Å². The molecular weight excluding hydrogens is 190 g/mol. The lowest BCUT2D eigenvalue weighted by atomic mass is 9.90. The quantitative estimate of drug-likeness (QED) is 0.672. The highest BCUT2D eigenvalue weighted by atomic mass is 16.5. The van der Waals surface area contributed by atoms with Crippen LogP contribution in [0.1, 0.15) is 40.0 Å². The van der Waals surface area contributed by atoms with Crippen LogP contribution in [-0.2, 0) is 9.53 Å². The third-order valence-electron chi connectivity index (χ3n) is 3.80. The first kappa shape index (κ1) is 12.5. The molecule has 0 radical (unpaired) electrons. The van der Waals surface area contributed by atoms with Gasteiger partial charge in [-0.25, -0.2) is 0 Å². The third kappa shape index (κ3) is 2.51. The second-order valence-electron chi connectivity index (χ2n) is 4.79. The zero-order valence-corrected chi connectivity index (χ0v) is 10.4. The number of carbonyl (C=O) groups is 1. The fourth-order valence-corrected chi connectivity index (χ4v) is 2.22. The van der Waals surface area contributed by atoms with Gasteiger partial charge in [-0.05, 0) is 45.2 Å². The summed E-state index contributed by atoms with van der Waals surface area (Å²) in [4.78, 5) is 14.1. The lowest BCUT2D eigenvalue weighted by Crippen LogP contribution is -2.55. The molecule has 1 aliphatic rings. The van der Waals surface area contributed by atoms with E-state index in [9.17, 15) is 4.79 Å². The molecule has 0 aromatic heterocycles. The second-order valence-corrected chi connectivity index (χ2v) is 4.79. The van der Waals surface area contributed by atoms with Gasteiger partial charge in [0.2, 0.25) is 0 Å². The summed E-state index contributed by atoms with van der Waals surface area (Å²) >= 11 is 0. The number of ether oxygens (including phenoxy) is 1. The molecule has 0 saturated carbocycles. The first-order valence-electron chi connectivity index (χ1n) is 5.88. The lowest BCUT2D eigenvalue weighted by Gasteiger charge is -2.42. The molecule has 1 atom stereocenters. The number of esters is 1. The number of nitrogens with zero attached hydrogens (tertiary/aromatic N) is 1. The normalized spacial score (nSPS) is 23.5. The van der Waals surface area contributed by atoms with Crippen LogP contribution in [0.2, 0.25) is 0 Å². The molecular formula is C12H23NO2. The zero-order valence-electron chi connectivity index (χ0n) is 10.4. The minimum absolute atomic E-state index is 0.0976. The molecule has 3 nitrogen and oxygen atoms in total. The number of likely N-dealkylation sites (tertiary alicyclic amines) is 1. The number of hydrogen-bond acceptors (Lipinski definition) is 3. The lowest BCUT2D eigenvalue weighted by molar-refractivity contribution is -0.155. The molecule has 1 rings (SSSR count). The highest BCUT2D eigenvalue weighted by molar-refractivity contribution is 5.80. The Balaban J connectivity index is 2.69. The fraction of sp³-hybridized carbons (Fsp3) is 0.917. The molecule has 1 saturated heterocycles. The Bertz CT molecular complexity index is 222. The van der Waals surface area contributed by atoms with E-state index in [1.165, 1.54) is 20.0 Å². The average molecular weight is 213 g/mol. The smallest absolute Gasteiger partial charge is 0.325 e. The topological polar surface area (TPSA) is 29.5 Å². The van der Waals surface area contributed by atoms with Crippen molar-refractivity contribution in [1.29, 1.82) is 0 Å². The molecule has 1 fully saturated rings. The third-order valence-corrected chi connectivity index (χ3v) is 3.80. The Morgan fingerprint density at radius 1 is 1.47 bits per heavy atom. The Morgan fingerprint density at radius 3 is 2.40 bits per heavy atom. The maximum atomic E-state index is 11.8. The van der Waals surface area contributed by atoms with E-state index in [-0.39, 0.29) is 5.97 Å². The van der Waals surface area contributed by atoms with E-state index in [4.69, 9.17) is 4.74 Å². The van der Waals surface area contributed by atoms with Crippen molar-refractivity contribution < 1.29 is 9.53 Å². The number of carbonyl (C=O) groups excluding carboxylic acids is 1. The maximum absolute atomic E-state index is 11.8. The Kier molecular flexibility index (Phi) is 4.14. The molecule has 0 aromatic carbocycles. The van der Waals surface area contributed by atoms with E-state index in [2.05, 4.69) is 18.7 Å². The van der Waals surface area contributed by atoms with Gasteiger partial charge in [0.15, 0.2) is 0 Å². The Labute approximate surface area is 92.8 Å². The molecule has 0 N–H and O–H groups in total. The molecule has 3 heteroatoms. The van der Waals surface area contributed by atoms with Crippen LogP contribution in [0.3, 0.4) is 0 Å². The van der Waals surface area contributed by atoms with Gasteiger partial charge in [0.25, 0.3) is 0 Å². The Morgan fingerprint density at radius 2 is 2.00 bits per heavy atom. The van der Waals surface area contributed by atoms with E-state index in [1.807, 2.05) is 6.92 Å². The van der Waals surface area contributed by atoms with Crippen LogP contribution in [0.5, 0.6) is 0 Å². The molecule has 15 heavy (non-hydrogen) atoms. The fourth-order valence-electron chi connectivity index (χ4n) is 2.22. The highest BCUT2D eigenvalue weighted by Crippen LogP contribution is 2.27. The van der Waals surface area contributed by atoms with E-state index in [0.717, 1.165) is 25.4 Å². The molecule has 0 aliphatic carbocycles. The predicted molar refractivity (Wildman–Crippen MR) is 60.7 cm³/mol. The molecule has 0 spiro atoms. The largest absolute Gasteiger partial charge is 0.468 e. The number of rotatable bonds is 3. The van der Waals surface area contributed by atoms with Crippen LogP contribution in [0.4, 0.5) is 0 Å². The summed E-state index contributed by atoms with van der Waals surface area (Å²) < 4.78 is 4.91. The average Bonchev–Trinajstić information content (AvgIpc) is 2.27. The van der Waals surface area contributed by atoms with Crippen molar-refractivity contribution in [1.82, 2.24) is 4.90 Å². The van der Waals surface area contributed by atoms with Crippen LogP contribution in [0.25, 0.3) is 0 Å². The molecule has 0 aromatic rings. The molecule has 88 valence electrons. The van der Waals surface area contributed by atoms with Gasteiger partial charge in [0.1, 0.15) is 5.54 Å². The summed E-state index contributed by atoms with van der Waals surface area (Å²) in [6.45, 7) is 8.35. The van der Waals surface area contributed by atoms with E-state index < -0.39 is 5.54 Å². The summed E-state index contributed by atoms with van der Waals surface area (Å²) in [5, 5.41) is 0. The van der Waals surface area contributed by atoms with Crippen molar-refractivity contribution in [3.63, 3.8) is 0 Å². The summed E-state index contributed by atoms with van der Waals surface area (Å²) in [7, 11) is 1.48. The summed E-state index contributed by atoms with van der Waals surface area (Å²) in [6, 6.07) is 0. The number of methoxy groups -OCH3 is 1. The van der Waals surface area contributed by atoms with Crippen LogP contribution in [-0.4, -0.2) is 36.6 Å². The van der Waals surface area contributed by atoms with Gasteiger partial charge >= 0.3 is 5.97 Å². The van der Waals surface area contributed by atoms with Gasteiger partial charge in [-0.2, -0.15) is 0 Å². The van der Waals surface area contributed by atoms with Crippen molar-refractivity contribution in [3.8, 4) is 0 Å². The number of hydrogen-bond donors (Lipinski definition) is 0. The van der Waals surface area contributed by atoms with E-state index in [1.54, 1.807) is 0 Å². The monoisotopic (exact) mass is 213 g/mol. The van der Waals surface area contributed by atoms with Crippen molar-refractivity contribution in [2.24, 2.45) is 5.92 Å². The first-order valence-corrected chi connectivity index (χ1v) is 5.88. The van der Waals surface area contributed by atoms with E-state index >= 15 is 0 Å². The number of piperidine rings is 1. The zero-order chi connectivity index (χ0) is 11.5. The molecule has 0 bridgehead atoms. The molecule has 0 amide bonds. The van der Waals surface area contributed by atoms with Crippen LogP contribution in [0, 0.1) is 5.92 Å². The maximum Gasteiger partial charge on any atom is 0.325 e. The van der Waals surface area contributed by atoms with Gasteiger partial charge in [0, 0.05) is 0 Å². The summed E-state index contributed by atoms with van der Waals surface area (Å²) in [5.74, 6) is 0.694. The molecule has 1 heterocycles. The minimum Gasteiger partial charge on any atom is -0.468 e. The van der Waals surface area contributed by atoms with Gasteiger partial charge in [-0.15, -0.1) is 0 Å². The van der Waals surface area contributed by atoms with Crippen molar-refractivity contribution >= 4 is 5.97 Å². The standard InChI is InChI=1S/C12H23NO2/c1-5-12(3,11(14)15-4)13-8-6-10(2)7-9-13/h10H,5-9H2,1-4H3/t12-/m0/s1. The summed E-state index contributed by atoms with van der Waals surface area (Å²) in [6.07, 6.45) is 3.19. The van der Waals surface area contributed by atoms with E-state index in [0.29, 0.717) is 0 Å². The first-order chi connectivity index (χ1) is 7.04. The van der Waals surface area contributed by atoms with Crippen LogP contribution in [0.15, 0.2) is 0 Å². The van der Waals surface area contributed by atoms with Crippen LogP contribution >= 0.6 is 0 Å².